The molecular formula is C22H19NO6S. The summed E-state index contributed by atoms with van der Waals surface area (Å²) in [5.41, 5.74) is 1.27. The van der Waals surface area contributed by atoms with Crippen molar-refractivity contribution in [1.82, 2.24) is 5.32 Å². The zero-order chi connectivity index (χ0) is 21.6. The summed E-state index contributed by atoms with van der Waals surface area (Å²) in [6, 6.07) is 20.5. The fourth-order valence-corrected chi connectivity index (χ4v) is 3.61. The number of carbonyl (C=O) groups is 2. The van der Waals surface area contributed by atoms with Crippen LogP contribution in [0.2, 0.25) is 0 Å². The first-order valence-electron chi connectivity index (χ1n) is 8.94. The van der Waals surface area contributed by atoms with Gasteiger partial charge in [0.05, 0.1) is 12.7 Å². The first-order chi connectivity index (χ1) is 14.4. The first-order valence-corrected chi connectivity index (χ1v) is 10.3. The zero-order valence-corrected chi connectivity index (χ0v) is 16.9. The molecular weight excluding hydrogens is 406 g/mol. The van der Waals surface area contributed by atoms with E-state index in [1.165, 1.54) is 43.5 Å². The normalized spacial score (nSPS) is 10.8. The number of benzene rings is 3. The molecule has 1 N–H and O–H groups in total. The Labute approximate surface area is 174 Å². The monoisotopic (exact) mass is 425 g/mol. The van der Waals surface area contributed by atoms with Crippen molar-refractivity contribution in [1.29, 1.82) is 0 Å². The van der Waals surface area contributed by atoms with E-state index in [1.54, 1.807) is 6.07 Å². The lowest BCUT2D eigenvalue weighted by atomic mass is 10.2. The van der Waals surface area contributed by atoms with E-state index in [4.69, 9.17) is 4.18 Å². The Kier molecular flexibility index (Phi) is 6.48. The molecule has 0 saturated carbocycles. The maximum absolute atomic E-state index is 12.6. The number of carbonyl (C=O) groups excluding carboxylic acids is 2. The number of amides is 1. The van der Waals surface area contributed by atoms with E-state index in [2.05, 4.69) is 10.1 Å². The lowest BCUT2D eigenvalue weighted by Crippen LogP contribution is -2.22. The van der Waals surface area contributed by atoms with Gasteiger partial charge in [-0.2, -0.15) is 8.42 Å². The summed E-state index contributed by atoms with van der Waals surface area (Å²) in [6.07, 6.45) is 0. The highest BCUT2D eigenvalue weighted by Crippen LogP contribution is 2.21. The topological polar surface area (TPSA) is 98.8 Å². The maximum Gasteiger partial charge on any atom is 0.339 e. The van der Waals surface area contributed by atoms with Crippen molar-refractivity contribution in [3.63, 3.8) is 0 Å². The van der Waals surface area contributed by atoms with E-state index in [1.807, 2.05) is 30.3 Å². The first kappa shape index (κ1) is 21.1. The lowest BCUT2D eigenvalue weighted by Gasteiger charge is -2.10. The molecule has 0 radical (unpaired) electrons. The fraction of sp³-hybridized carbons (Fsp3) is 0.0909. The predicted molar refractivity (Wildman–Crippen MR) is 110 cm³/mol. The molecule has 0 aromatic heterocycles. The minimum atomic E-state index is -4.21. The van der Waals surface area contributed by atoms with Gasteiger partial charge in [-0.05, 0) is 42.0 Å². The molecule has 0 fully saturated rings. The van der Waals surface area contributed by atoms with Gasteiger partial charge in [0.1, 0.15) is 10.6 Å². The number of methoxy groups -OCH3 is 1. The van der Waals surface area contributed by atoms with E-state index in [0.717, 1.165) is 11.6 Å². The molecule has 0 heterocycles. The van der Waals surface area contributed by atoms with Crippen LogP contribution in [0.3, 0.4) is 0 Å². The van der Waals surface area contributed by atoms with Crippen LogP contribution in [0.15, 0.2) is 83.8 Å². The number of rotatable bonds is 7. The summed E-state index contributed by atoms with van der Waals surface area (Å²) < 4.78 is 34.9. The van der Waals surface area contributed by atoms with Gasteiger partial charge in [-0.3, -0.25) is 4.79 Å². The smallest absolute Gasteiger partial charge is 0.339 e. The van der Waals surface area contributed by atoms with Crippen molar-refractivity contribution in [3.05, 3.63) is 95.6 Å². The standard InChI is InChI=1S/C22H19NO6S/c1-28-22(25)18-10-6-12-20(14-18)30(26,27)29-19-11-5-9-17(13-19)21(24)23-15-16-7-3-2-4-8-16/h2-14H,15H2,1H3,(H,23,24). The van der Waals surface area contributed by atoms with Crippen LogP contribution in [-0.4, -0.2) is 27.4 Å². The Balaban J connectivity index is 1.74. The van der Waals surface area contributed by atoms with Crippen molar-refractivity contribution < 1.29 is 26.9 Å². The summed E-state index contributed by atoms with van der Waals surface area (Å²) in [7, 11) is -3.01. The zero-order valence-electron chi connectivity index (χ0n) is 16.1. The molecule has 0 aliphatic rings. The molecule has 7 nitrogen and oxygen atoms in total. The van der Waals surface area contributed by atoms with Crippen molar-refractivity contribution in [2.45, 2.75) is 11.4 Å². The highest BCUT2D eigenvalue weighted by atomic mass is 32.2. The van der Waals surface area contributed by atoms with E-state index >= 15 is 0 Å². The van der Waals surface area contributed by atoms with Gasteiger partial charge in [0.15, 0.2) is 0 Å². The summed E-state index contributed by atoms with van der Waals surface area (Å²) in [5, 5.41) is 2.77. The molecule has 0 aliphatic heterocycles. The maximum atomic E-state index is 12.6. The van der Waals surface area contributed by atoms with Gasteiger partial charge in [-0.25, -0.2) is 4.79 Å². The van der Waals surface area contributed by atoms with Crippen molar-refractivity contribution in [3.8, 4) is 5.75 Å². The third-order valence-corrected chi connectivity index (χ3v) is 5.39. The van der Waals surface area contributed by atoms with E-state index in [-0.39, 0.29) is 27.7 Å². The number of esters is 1. The molecule has 0 aliphatic carbocycles. The third kappa shape index (κ3) is 5.24. The van der Waals surface area contributed by atoms with Crippen molar-refractivity contribution in [2.75, 3.05) is 7.11 Å². The Morgan fingerprint density at radius 2 is 1.57 bits per heavy atom. The molecule has 0 spiro atoms. The van der Waals surface area contributed by atoms with Gasteiger partial charge in [0, 0.05) is 12.1 Å². The molecule has 3 aromatic rings. The Morgan fingerprint density at radius 3 is 2.30 bits per heavy atom. The van der Waals surface area contributed by atoms with Gasteiger partial charge in [0.2, 0.25) is 0 Å². The predicted octanol–water partition coefficient (Wildman–Crippen LogP) is 3.17. The number of nitrogens with one attached hydrogen (secondary N) is 1. The molecule has 0 saturated heterocycles. The third-order valence-electron chi connectivity index (χ3n) is 4.14. The second-order valence-electron chi connectivity index (χ2n) is 6.25. The lowest BCUT2D eigenvalue weighted by molar-refractivity contribution is 0.0600. The van der Waals surface area contributed by atoms with Gasteiger partial charge in [-0.1, -0.05) is 42.5 Å². The Bertz CT molecular complexity index is 1160. The van der Waals surface area contributed by atoms with Crippen LogP contribution in [0.5, 0.6) is 5.75 Å². The van der Waals surface area contributed by atoms with Crippen LogP contribution in [0.25, 0.3) is 0 Å². The molecule has 30 heavy (non-hydrogen) atoms. The van der Waals surface area contributed by atoms with Gasteiger partial charge in [0.25, 0.3) is 5.91 Å². The van der Waals surface area contributed by atoms with Crippen molar-refractivity contribution in [2.24, 2.45) is 0 Å². The van der Waals surface area contributed by atoms with Crippen LogP contribution >= 0.6 is 0 Å². The van der Waals surface area contributed by atoms with Crippen LogP contribution in [0.1, 0.15) is 26.3 Å². The highest BCUT2D eigenvalue weighted by Gasteiger charge is 2.19. The molecule has 3 aromatic carbocycles. The Morgan fingerprint density at radius 1 is 0.867 bits per heavy atom. The summed E-state index contributed by atoms with van der Waals surface area (Å²) >= 11 is 0. The molecule has 3 rings (SSSR count). The van der Waals surface area contributed by atoms with Crippen molar-refractivity contribution >= 4 is 22.0 Å². The highest BCUT2D eigenvalue weighted by molar-refractivity contribution is 7.87. The molecule has 0 unspecified atom stereocenters. The second-order valence-corrected chi connectivity index (χ2v) is 7.80. The molecule has 154 valence electrons. The van der Waals surface area contributed by atoms with E-state index in [0.29, 0.717) is 6.54 Å². The molecule has 0 atom stereocenters. The average Bonchev–Trinajstić information content (AvgIpc) is 2.77. The quantitative estimate of drug-likeness (QED) is 0.461. The number of hydrogen-bond donors (Lipinski definition) is 1. The minimum Gasteiger partial charge on any atom is -0.465 e. The largest absolute Gasteiger partial charge is 0.465 e. The summed E-state index contributed by atoms with van der Waals surface area (Å²) in [5.74, 6) is -1.05. The van der Waals surface area contributed by atoms with Crippen LogP contribution in [0.4, 0.5) is 0 Å². The molecule has 0 bridgehead atoms. The van der Waals surface area contributed by atoms with E-state index in [9.17, 15) is 18.0 Å². The summed E-state index contributed by atoms with van der Waals surface area (Å²) in [4.78, 5) is 23.8. The second kappa shape index (κ2) is 9.23. The van der Waals surface area contributed by atoms with Crippen LogP contribution in [-0.2, 0) is 21.4 Å². The SMILES string of the molecule is COC(=O)c1cccc(S(=O)(=O)Oc2cccc(C(=O)NCc3ccccc3)c2)c1. The van der Waals surface area contributed by atoms with Crippen LogP contribution < -0.4 is 9.50 Å². The Hall–Kier alpha value is -3.65. The number of hydrogen-bond acceptors (Lipinski definition) is 6. The summed E-state index contributed by atoms with van der Waals surface area (Å²) in [6.45, 7) is 0.337. The molecule has 8 heteroatoms. The fourth-order valence-electron chi connectivity index (χ4n) is 2.64. The van der Waals surface area contributed by atoms with E-state index < -0.39 is 16.1 Å². The minimum absolute atomic E-state index is 0.0224. The average molecular weight is 425 g/mol. The van der Waals surface area contributed by atoms with Crippen LogP contribution in [0, 0.1) is 0 Å². The molecule has 1 amide bonds. The van der Waals surface area contributed by atoms with Gasteiger partial charge < -0.3 is 14.2 Å². The number of ether oxygens (including phenoxy) is 1. The van der Waals surface area contributed by atoms with Gasteiger partial charge >= 0.3 is 16.1 Å². The van der Waals surface area contributed by atoms with Gasteiger partial charge in [-0.15, -0.1) is 0 Å².